The molecule has 1 atom stereocenters. The van der Waals surface area contributed by atoms with Crippen molar-refractivity contribution in [2.24, 2.45) is 5.92 Å². The molecule has 148 valence electrons. The SMILES string of the molecule is CC1CC=C(Cn2ccc(NC(=O)c3ccc(CO)cn3)c2)C=C1C(F)(F)F. The minimum atomic E-state index is -4.33. The van der Waals surface area contributed by atoms with Gasteiger partial charge in [0.25, 0.3) is 5.91 Å². The molecular weight excluding hydrogens is 371 g/mol. The van der Waals surface area contributed by atoms with E-state index in [9.17, 15) is 18.0 Å². The van der Waals surface area contributed by atoms with E-state index in [1.807, 2.05) is 6.08 Å². The van der Waals surface area contributed by atoms with Gasteiger partial charge in [0.15, 0.2) is 0 Å². The lowest BCUT2D eigenvalue weighted by Crippen LogP contribution is -2.21. The summed E-state index contributed by atoms with van der Waals surface area (Å²) in [6.07, 6.45) is 3.80. The fraction of sp³-hybridized carbons (Fsp3) is 0.300. The van der Waals surface area contributed by atoms with Gasteiger partial charge in [0, 0.05) is 30.7 Å². The van der Waals surface area contributed by atoms with Crippen molar-refractivity contribution >= 4 is 11.6 Å². The summed E-state index contributed by atoms with van der Waals surface area (Å²) in [4.78, 5) is 16.2. The van der Waals surface area contributed by atoms with Crippen LogP contribution in [0.5, 0.6) is 0 Å². The number of hydrogen-bond donors (Lipinski definition) is 2. The van der Waals surface area contributed by atoms with Crippen molar-refractivity contribution in [1.82, 2.24) is 9.55 Å². The summed E-state index contributed by atoms with van der Waals surface area (Å²) in [7, 11) is 0. The van der Waals surface area contributed by atoms with Crippen LogP contribution in [0.15, 0.2) is 60.1 Å². The highest BCUT2D eigenvalue weighted by molar-refractivity contribution is 6.02. The van der Waals surface area contributed by atoms with Gasteiger partial charge in [-0.05, 0) is 41.7 Å². The maximum atomic E-state index is 13.1. The van der Waals surface area contributed by atoms with Crippen molar-refractivity contribution in [2.45, 2.75) is 32.7 Å². The second-order valence-corrected chi connectivity index (χ2v) is 6.75. The van der Waals surface area contributed by atoms with E-state index >= 15 is 0 Å². The third-order valence-corrected chi connectivity index (χ3v) is 4.55. The normalized spacial score (nSPS) is 17.1. The number of carbonyl (C=O) groups is 1. The topological polar surface area (TPSA) is 67.2 Å². The van der Waals surface area contributed by atoms with Crippen molar-refractivity contribution in [3.8, 4) is 0 Å². The number of allylic oxidation sites excluding steroid dienone is 4. The molecule has 0 bridgehead atoms. The Labute approximate surface area is 160 Å². The van der Waals surface area contributed by atoms with E-state index < -0.39 is 23.6 Å². The number of pyridine rings is 1. The zero-order valence-electron chi connectivity index (χ0n) is 15.2. The fourth-order valence-electron chi connectivity index (χ4n) is 3.00. The number of carbonyl (C=O) groups excluding carboxylic acids is 1. The molecule has 2 aromatic rings. The average molecular weight is 391 g/mol. The molecule has 0 saturated heterocycles. The van der Waals surface area contributed by atoms with E-state index in [4.69, 9.17) is 5.11 Å². The van der Waals surface area contributed by atoms with E-state index in [-0.39, 0.29) is 18.8 Å². The minimum Gasteiger partial charge on any atom is -0.392 e. The maximum Gasteiger partial charge on any atom is 0.412 e. The van der Waals surface area contributed by atoms with Gasteiger partial charge < -0.3 is 15.0 Å². The van der Waals surface area contributed by atoms with Crippen molar-refractivity contribution in [2.75, 3.05) is 5.32 Å². The monoisotopic (exact) mass is 391 g/mol. The Morgan fingerprint density at radius 3 is 2.79 bits per heavy atom. The smallest absolute Gasteiger partial charge is 0.392 e. The van der Waals surface area contributed by atoms with Crippen LogP contribution in [0, 0.1) is 5.92 Å². The highest BCUT2D eigenvalue weighted by Gasteiger charge is 2.37. The van der Waals surface area contributed by atoms with Gasteiger partial charge in [-0.2, -0.15) is 13.2 Å². The molecule has 1 amide bonds. The molecular formula is C20H20F3N3O2. The third-order valence-electron chi connectivity index (χ3n) is 4.55. The summed E-state index contributed by atoms with van der Waals surface area (Å²) in [5.41, 5.74) is 1.39. The zero-order valence-corrected chi connectivity index (χ0v) is 15.2. The molecule has 0 aromatic carbocycles. The summed E-state index contributed by atoms with van der Waals surface area (Å²) >= 11 is 0. The van der Waals surface area contributed by atoms with E-state index in [1.165, 1.54) is 18.3 Å². The molecule has 1 aliphatic carbocycles. The molecule has 28 heavy (non-hydrogen) atoms. The largest absolute Gasteiger partial charge is 0.412 e. The number of nitrogens with zero attached hydrogens (tertiary/aromatic N) is 2. The molecule has 0 radical (unpaired) electrons. The molecule has 2 N–H and O–H groups in total. The van der Waals surface area contributed by atoms with Crippen molar-refractivity contribution < 1.29 is 23.1 Å². The van der Waals surface area contributed by atoms with Gasteiger partial charge in [-0.1, -0.05) is 19.1 Å². The van der Waals surface area contributed by atoms with Gasteiger partial charge in [-0.3, -0.25) is 9.78 Å². The molecule has 8 heteroatoms. The van der Waals surface area contributed by atoms with Crippen molar-refractivity contribution in [1.29, 1.82) is 0 Å². The number of rotatable bonds is 5. The highest BCUT2D eigenvalue weighted by atomic mass is 19.4. The number of alkyl halides is 3. The lowest BCUT2D eigenvalue weighted by atomic mass is 9.89. The van der Waals surface area contributed by atoms with Gasteiger partial charge in [-0.15, -0.1) is 0 Å². The molecule has 5 nitrogen and oxygen atoms in total. The Hall–Kier alpha value is -2.87. The van der Waals surface area contributed by atoms with Gasteiger partial charge in [0.05, 0.1) is 12.3 Å². The number of halogens is 3. The molecule has 0 saturated carbocycles. The maximum absolute atomic E-state index is 13.1. The number of anilines is 1. The first-order valence-corrected chi connectivity index (χ1v) is 8.77. The lowest BCUT2D eigenvalue weighted by Gasteiger charge is -2.22. The van der Waals surface area contributed by atoms with Crippen LogP contribution in [0.1, 0.15) is 29.4 Å². The number of aromatic nitrogens is 2. The summed E-state index contributed by atoms with van der Waals surface area (Å²) < 4.78 is 41.0. The first kappa shape index (κ1) is 19.9. The Morgan fingerprint density at radius 1 is 1.36 bits per heavy atom. The number of amides is 1. The Balaban J connectivity index is 1.65. The summed E-state index contributed by atoms with van der Waals surface area (Å²) in [6.45, 7) is 1.69. The minimum absolute atomic E-state index is 0.156. The molecule has 2 heterocycles. The van der Waals surface area contributed by atoms with Crippen molar-refractivity contribution in [3.05, 3.63) is 71.3 Å². The number of aliphatic hydroxyl groups excluding tert-OH is 1. The quantitative estimate of drug-likeness (QED) is 0.807. The van der Waals surface area contributed by atoms with Crippen LogP contribution in [0.2, 0.25) is 0 Å². The van der Waals surface area contributed by atoms with Crippen LogP contribution in [0.25, 0.3) is 0 Å². The fourth-order valence-corrected chi connectivity index (χ4v) is 3.00. The van der Waals surface area contributed by atoms with Gasteiger partial charge in [-0.25, -0.2) is 0 Å². The van der Waals surface area contributed by atoms with Crippen LogP contribution >= 0.6 is 0 Å². The van der Waals surface area contributed by atoms with Gasteiger partial charge in [0.2, 0.25) is 0 Å². The standard InChI is InChI=1S/C20H20F3N3O2/c1-13-2-3-14(8-17(13)20(21,22)23)10-26-7-6-16(11-26)25-19(28)18-5-4-15(12-27)9-24-18/h3-9,11,13,27H,2,10,12H2,1H3,(H,25,28). The Kier molecular flexibility index (Phi) is 5.69. The number of nitrogens with one attached hydrogen (secondary N) is 1. The predicted molar refractivity (Wildman–Crippen MR) is 98.5 cm³/mol. The molecule has 0 aliphatic heterocycles. The van der Waals surface area contributed by atoms with Crippen LogP contribution < -0.4 is 5.32 Å². The third kappa shape index (κ3) is 4.69. The summed E-state index contributed by atoms with van der Waals surface area (Å²) in [6, 6.07) is 4.78. The predicted octanol–water partition coefficient (Wildman–Crippen LogP) is 4.08. The Bertz CT molecular complexity index is 912. The molecule has 1 unspecified atom stereocenters. The first-order valence-electron chi connectivity index (χ1n) is 8.77. The van der Waals surface area contributed by atoms with E-state index in [0.717, 1.165) is 0 Å². The van der Waals surface area contributed by atoms with E-state index in [0.29, 0.717) is 23.2 Å². The molecule has 0 spiro atoms. The van der Waals surface area contributed by atoms with Crippen LogP contribution in [-0.2, 0) is 13.2 Å². The highest BCUT2D eigenvalue weighted by Crippen LogP contribution is 2.37. The van der Waals surface area contributed by atoms with Gasteiger partial charge >= 0.3 is 6.18 Å². The molecule has 2 aromatic heterocycles. The first-order chi connectivity index (χ1) is 13.3. The Morgan fingerprint density at radius 2 is 2.14 bits per heavy atom. The average Bonchev–Trinajstić information content (AvgIpc) is 3.09. The zero-order chi connectivity index (χ0) is 20.3. The van der Waals surface area contributed by atoms with Crippen LogP contribution in [0.4, 0.5) is 18.9 Å². The lowest BCUT2D eigenvalue weighted by molar-refractivity contribution is -0.0985. The molecule has 1 aliphatic rings. The van der Waals surface area contributed by atoms with E-state index in [1.54, 1.807) is 36.0 Å². The second kappa shape index (κ2) is 8.02. The number of hydrogen-bond acceptors (Lipinski definition) is 3. The summed E-state index contributed by atoms with van der Waals surface area (Å²) in [5.74, 6) is -0.958. The van der Waals surface area contributed by atoms with Gasteiger partial charge in [0.1, 0.15) is 5.69 Å². The van der Waals surface area contributed by atoms with Crippen LogP contribution in [0.3, 0.4) is 0 Å². The van der Waals surface area contributed by atoms with Crippen LogP contribution in [-0.4, -0.2) is 26.7 Å². The number of aliphatic hydroxyl groups is 1. The van der Waals surface area contributed by atoms with Crippen molar-refractivity contribution in [3.63, 3.8) is 0 Å². The second-order valence-electron chi connectivity index (χ2n) is 6.75. The molecule has 3 rings (SSSR count). The molecule has 0 fully saturated rings. The summed E-state index contributed by atoms with van der Waals surface area (Å²) in [5, 5.41) is 11.7. The van der Waals surface area contributed by atoms with E-state index in [2.05, 4.69) is 10.3 Å².